The van der Waals surface area contributed by atoms with E-state index in [0.717, 1.165) is 13.1 Å². The van der Waals surface area contributed by atoms with Crippen LogP contribution in [0.5, 0.6) is 0 Å². The Morgan fingerprint density at radius 3 is 2.83 bits per heavy atom. The zero-order chi connectivity index (χ0) is 8.44. The Morgan fingerprint density at radius 2 is 2.25 bits per heavy atom. The van der Waals surface area contributed by atoms with Crippen LogP contribution in [0.25, 0.3) is 0 Å². The molecule has 66 valence electrons. The van der Waals surface area contributed by atoms with Crippen molar-refractivity contribution in [1.82, 2.24) is 15.5 Å². The van der Waals surface area contributed by atoms with Crippen molar-refractivity contribution in [2.75, 3.05) is 13.1 Å². The molecule has 0 atom stereocenters. The summed E-state index contributed by atoms with van der Waals surface area (Å²) in [6.45, 7) is 1.58. The Kier molecular flexibility index (Phi) is 1.82. The van der Waals surface area contributed by atoms with Crippen molar-refractivity contribution in [2.45, 2.75) is 18.4 Å². The first-order chi connectivity index (χ1) is 5.81. The number of nitrogens with zero attached hydrogens (tertiary/aromatic N) is 2. The molecule has 5 heteroatoms. The number of rotatable bonds is 1. The van der Waals surface area contributed by atoms with Gasteiger partial charge in [0.1, 0.15) is 5.60 Å². The maximum atomic E-state index is 10.00. The molecule has 2 N–H and O–H groups in total. The first-order valence-corrected chi connectivity index (χ1v) is 4.01. The fraction of sp³-hybridized carbons (Fsp3) is 0.714. The predicted octanol–water partition coefficient (Wildman–Crippen LogP) is -0.359. The van der Waals surface area contributed by atoms with Crippen molar-refractivity contribution in [1.29, 1.82) is 0 Å². The van der Waals surface area contributed by atoms with Crippen molar-refractivity contribution >= 4 is 0 Å². The van der Waals surface area contributed by atoms with Crippen LogP contribution in [0.1, 0.15) is 18.7 Å². The van der Waals surface area contributed by atoms with Crippen LogP contribution in [0.15, 0.2) is 10.9 Å². The molecule has 0 unspecified atom stereocenters. The van der Waals surface area contributed by atoms with E-state index in [1.807, 2.05) is 0 Å². The van der Waals surface area contributed by atoms with Crippen LogP contribution in [-0.4, -0.2) is 28.3 Å². The lowest BCUT2D eigenvalue weighted by molar-refractivity contribution is -0.0228. The maximum Gasteiger partial charge on any atom is 0.258 e. The van der Waals surface area contributed by atoms with Gasteiger partial charge in [-0.3, -0.25) is 0 Å². The van der Waals surface area contributed by atoms with Crippen molar-refractivity contribution in [3.63, 3.8) is 0 Å². The van der Waals surface area contributed by atoms with Crippen LogP contribution in [0.3, 0.4) is 0 Å². The van der Waals surface area contributed by atoms with E-state index in [4.69, 9.17) is 4.52 Å². The molecular formula is C7H11N3O2. The lowest BCUT2D eigenvalue weighted by atomic mass is 9.92. The largest absolute Gasteiger partial charge is 0.380 e. The minimum Gasteiger partial charge on any atom is -0.380 e. The average Bonchev–Trinajstić information content (AvgIpc) is 2.58. The van der Waals surface area contributed by atoms with Crippen LogP contribution in [0.4, 0.5) is 0 Å². The summed E-state index contributed by atoms with van der Waals surface area (Å²) >= 11 is 0. The number of nitrogens with one attached hydrogen (secondary N) is 1. The Labute approximate surface area is 69.8 Å². The number of hydrogen-bond donors (Lipinski definition) is 2. The third-order valence-corrected chi connectivity index (χ3v) is 2.19. The molecule has 0 spiro atoms. The number of aliphatic hydroxyl groups is 1. The van der Waals surface area contributed by atoms with Gasteiger partial charge in [0, 0.05) is 0 Å². The first kappa shape index (κ1) is 7.70. The van der Waals surface area contributed by atoms with E-state index in [1.54, 1.807) is 0 Å². The molecule has 0 saturated carbocycles. The monoisotopic (exact) mass is 169 g/mol. The van der Waals surface area contributed by atoms with Gasteiger partial charge in [-0.25, -0.2) is 0 Å². The SMILES string of the molecule is OC1(c2ncno2)CCNCC1. The number of aromatic nitrogens is 2. The second kappa shape index (κ2) is 2.84. The highest BCUT2D eigenvalue weighted by Gasteiger charge is 2.35. The second-order valence-corrected chi connectivity index (χ2v) is 3.03. The molecule has 1 aromatic rings. The van der Waals surface area contributed by atoms with Crippen molar-refractivity contribution in [3.8, 4) is 0 Å². The molecule has 0 bridgehead atoms. The van der Waals surface area contributed by atoms with Crippen LogP contribution >= 0.6 is 0 Å². The van der Waals surface area contributed by atoms with E-state index in [0.29, 0.717) is 18.7 Å². The summed E-state index contributed by atoms with van der Waals surface area (Å²) in [5, 5.41) is 16.6. The molecule has 1 aromatic heterocycles. The highest BCUT2D eigenvalue weighted by molar-refractivity contribution is 4.98. The summed E-state index contributed by atoms with van der Waals surface area (Å²) in [5.74, 6) is 0.337. The molecule has 1 aliphatic heterocycles. The van der Waals surface area contributed by atoms with Gasteiger partial charge >= 0.3 is 0 Å². The quantitative estimate of drug-likeness (QED) is 0.600. The number of piperidine rings is 1. The molecular weight excluding hydrogens is 158 g/mol. The van der Waals surface area contributed by atoms with Crippen molar-refractivity contribution in [3.05, 3.63) is 12.2 Å². The minimum atomic E-state index is -0.901. The topological polar surface area (TPSA) is 71.2 Å². The Bertz CT molecular complexity index is 241. The highest BCUT2D eigenvalue weighted by atomic mass is 16.5. The summed E-state index contributed by atoms with van der Waals surface area (Å²) in [7, 11) is 0. The Hall–Kier alpha value is -0.940. The second-order valence-electron chi connectivity index (χ2n) is 3.03. The van der Waals surface area contributed by atoms with E-state index >= 15 is 0 Å². The normalized spacial score (nSPS) is 22.4. The van der Waals surface area contributed by atoms with Gasteiger partial charge in [0.15, 0.2) is 6.33 Å². The summed E-state index contributed by atoms with van der Waals surface area (Å²) in [6, 6.07) is 0. The maximum absolute atomic E-state index is 10.00. The summed E-state index contributed by atoms with van der Waals surface area (Å²) in [6.07, 6.45) is 2.58. The summed E-state index contributed by atoms with van der Waals surface area (Å²) < 4.78 is 4.84. The minimum absolute atomic E-state index is 0.337. The molecule has 1 fully saturated rings. The van der Waals surface area contributed by atoms with E-state index in [2.05, 4.69) is 15.5 Å². The van der Waals surface area contributed by atoms with Crippen LogP contribution in [0, 0.1) is 0 Å². The lowest BCUT2D eigenvalue weighted by Crippen LogP contribution is -2.39. The molecule has 0 amide bonds. The summed E-state index contributed by atoms with van der Waals surface area (Å²) in [4.78, 5) is 3.86. The highest BCUT2D eigenvalue weighted by Crippen LogP contribution is 2.27. The van der Waals surface area contributed by atoms with Crippen LogP contribution in [0.2, 0.25) is 0 Å². The van der Waals surface area contributed by atoms with Crippen LogP contribution < -0.4 is 5.32 Å². The van der Waals surface area contributed by atoms with Gasteiger partial charge in [-0.2, -0.15) is 4.98 Å². The third-order valence-electron chi connectivity index (χ3n) is 2.19. The van der Waals surface area contributed by atoms with Gasteiger partial charge in [-0.1, -0.05) is 5.16 Å². The fourth-order valence-electron chi connectivity index (χ4n) is 1.43. The average molecular weight is 169 g/mol. The van der Waals surface area contributed by atoms with Gasteiger partial charge < -0.3 is 14.9 Å². The third kappa shape index (κ3) is 1.21. The smallest absolute Gasteiger partial charge is 0.258 e. The van der Waals surface area contributed by atoms with E-state index in [1.165, 1.54) is 6.33 Å². The van der Waals surface area contributed by atoms with Crippen LogP contribution in [-0.2, 0) is 5.60 Å². The first-order valence-electron chi connectivity index (χ1n) is 4.01. The van der Waals surface area contributed by atoms with Crippen molar-refractivity contribution < 1.29 is 9.63 Å². The molecule has 0 aromatic carbocycles. The standard InChI is InChI=1S/C7H11N3O2/c11-7(1-3-8-4-2-7)6-9-5-10-12-6/h5,8,11H,1-4H2. The number of hydrogen-bond acceptors (Lipinski definition) is 5. The summed E-state index contributed by atoms with van der Waals surface area (Å²) in [5.41, 5.74) is -0.901. The molecule has 0 radical (unpaired) electrons. The van der Waals surface area contributed by atoms with E-state index < -0.39 is 5.60 Å². The lowest BCUT2D eigenvalue weighted by Gasteiger charge is -2.28. The Morgan fingerprint density at radius 1 is 1.50 bits per heavy atom. The van der Waals surface area contributed by atoms with E-state index in [-0.39, 0.29) is 0 Å². The van der Waals surface area contributed by atoms with Gasteiger partial charge in [-0.05, 0) is 25.9 Å². The molecule has 1 aliphatic rings. The van der Waals surface area contributed by atoms with Gasteiger partial charge in [0.2, 0.25) is 0 Å². The molecule has 12 heavy (non-hydrogen) atoms. The Balaban J connectivity index is 2.19. The van der Waals surface area contributed by atoms with Gasteiger partial charge in [-0.15, -0.1) is 0 Å². The predicted molar refractivity (Wildman–Crippen MR) is 40.3 cm³/mol. The molecule has 5 nitrogen and oxygen atoms in total. The van der Waals surface area contributed by atoms with Gasteiger partial charge in [0.25, 0.3) is 5.89 Å². The zero-order valence-electron chi connectivity index (χ0n) is 6.66. The molecule has 0 aliphatic carbocycles. The van der Waals surface area contributed by atoms with E-state index in [9.17, 15) is 5.11 Å². The molecule has 2 rings (SSSR count). The zero-order valence-corrected chi connectivity index (χ0v) is 6.66. The van der Waals surface area contributed by atoms with Crippen molar-refractivity contribution in [2.24, 2.45) is 0 Å². The molecule has 1 saturated heterocycles. The van der Waals surface area contributed by atoms with Gasteiger partial charge in [0.05, 0.1) is 0 Å². The fourth-order valence-corrected chi connectivity index (χ4v) is 1.43. The molecule has 2 heterocycles.